The lowest BCUT2D eigenvalue weighted by Gasteiger charge is -2.30. The Kier molecular flexibility index (Phi) is 2.91. The lowest BCUT2D eigenvalue weighted by molar-refractivity contribution is 0.0449. The van der Waals surface area contributed by atoms with Crippen molar-refractivity contribution in [3.63, 3.8) is 0 Å². The van der Waals surface area contributed by atoms with Crippen molar-refractivity contribution in [1.82, 2.24) is 9.80 Å². The van der Waals surface area contributed by atoms with Gasteiger partial charge in [-0.15, -0.1) is 0 Å². The van der Waals surface area contributed by atoms with Crippen LogP contribution in [0.5, 0.6) is 0 Å². The number of likely N-dealkylation sites (tertiary alicyclic amines) is 1. The van der Waals surface area contributed by atoms with Crippen LogP contribution in [0.4, 0.5) is 4.79 Å². The van der Waals surface area contributed by atoms with Crippen molar-refractivity contribution in [2.24, 2.45) is 5.92 Å². The molecule has 14 heavy (non-hydrogen) atoms. The predicted octanol–water partition coefficient (Wildman–Crippen LogP) is 0.780. The van der Waals surface area contributed by atoms with Crippen LogP contribution in [-0.2, 0) is 4.74 Å². The molecule has 2 aliphatic heterocycles. The maximum absolute atomic E-state index is 11.9. The van der Waals surface area contributed by atoms with Gasteiger partial charge in [0.15, 0.2) is 0 Å². The summed E-state index contributed by atoms with van der Waals surface area (Å²) in [4.78, 5) is 15.8. The number of hydrogen-bond donors (Lipinski definition) is 0. The molecule has 2 amide bonds. The number of morpholine rings is 1. The highest BCUT2D eigenvalue weighted by Crippen LogP contribution is 2.17. The normalized spacial score (nSPS) is 28.2. The van der Waals surface area contributed by atoms with E-state index in [1.165, 1.54) is 0 Å². The topological polar surface area (TPSA) is 32.8 Å². The fourth-order valence-corrected chi connectivity index (χ4v) is 2.06. The molecule has 0 bridgehead atoms. The highest BCUT2D eigenvalue weighted by Gasteiger charge is 2.27. The standard InChI is InChI=1S/C10H18N2O2/c1-9-2-3-12(8-9)10(13)11-4-6-14-7-5-11/h9H,2-8H2,1H3/t9-/m1/s1. The average molecular weight is 198 g/mol. The van der Waals surface area contributed by atoms with Crippen LogP contribution in [0.1, 0.15) is 13.3 Å². The zero-order chi connectivity index (χ0) is 9.97. The third kappa shape index (κ3) is 2.00. The Morgan fingerprint density at radius 1 is 1.21 bits per heavy atom. The smallest absolute Gasteiger partial charge is 0.320 e. The predicted molar refractivity (Wildman–Crippen MR) is 53.1 cm³/mol. The molecule has 0 spiro atoms. The highest BCUT2D eigenvalue weighted by molar-refractivity contribution is 5.74. The van der Waals surface area contributed by atoms with Crippen LogP contribution >= 0.6 is 0 Å². The van der Waals surface area contributed by atoms with Gasteiger partial charge in [0.05, 0.1) is 13.2 Å². The molecule has 0 aliphatic carbocycles. The molecule has 0 N–H and O–H groups in total. The van der Waals surface area contributed by atoms with Crippen LogP contribution in [0.3, 0.4) is 0 Å². The number of amides is 2. The van der Waals surface area contributed by atoms with E-state index < -0.39 is 0 Å². The molecule has 80 valence electrons. The van der Waals surface area contributed by atoms with Crippen LogP contribution < -0.4 is 0 Å². The molecule has 2 fully saturated rings. The molecule has 0 radical (unpaired) electrons. The molecule has 2 aliphatic rings. The molecule has 1 atom stereocenters. The zero-order valence-corrected chi connectivity index (χ0v) is 8.74. The number of urea groups is 1. The Labute approximate surface area is 84.8 Å². The zero-order valence-electron chi connectivity index (χ0n) is 8.74. The summed E-state index contributed by atoms with van der Waals surface area (Å²) in [6, 6.07) is 0.206. The third-order valence-corrected chi connectivity index (χ3v) is 2.98. The quantitative estimate of drug-likeness (QED) is 0.576. The first kappa shape index (κ1) is 9.77. The van der Waals surface area contributed by atoms with Gasteiger partial charge in [0.2, 0.25) is 0 Å². The van der Waals surface area contributed by atoms with E-state index in [1.54, 1.807) is 0 Å². The SMILES string of the molecule is C[C@@H]1CCN(C(=O)N2CCOCC2)C1. The monoisotopic (exact) mass is 198 g/mol. The van der Waals surface area contributed by atoms with Crippen LogP contribution in [0.2, 0.25) is 0 Å². The van der Waals surface area contributed by atoms with Gasteiger partial charge in [0.1, 0.15) is 0 Å². The summed E-state index contributed by atoms with van der Waals surface area (Å²) in [6.07, 6.45) is 1.15. The number of rotatable bonds is 0. The lowest BCUT2D eigenvalue weighted by atomic mass is 10.2. The van der Waals surface area contributed by atoms with Crippen molar-refractivity contribution < 1.29 is 9.53 Å². The van der Waals surface area contributed by atoms with E-state index in [4.69, 9.17) is 4.74 Å². The van der Waals surface area contributed by atoms with Crippen molar-refractivity contribution >= 4 is 6.03 Å². The summed E-state index contributed by atoms with van der Waals surface area (Å²) in [5, 5.41) is 0. The molecule has 0 saturated carbocycles. The maximum Gasteiger partial charge on any atom is 0.320 e. The van der Waals surface area contributed by atoms with Gasteiger partial charge < -0.3 is 14.5 Å². The Hall–Kier alpha value is -0.770. The molecular formula is C10H18N2O2. The average Bonchev–Trinajstić information content (AvgIpc) is 2.65. The molecule has 0 aromatic heterocycles. The fraction of sp³-hybridized carbons (Fsp3) is 0.900. The van der Waals surface area contributed by atoms with Gasteiger partial charge in [-0.25, -0.2) is 4.79 Å². The Morgan fingerprint density at radius 2 is 1.93 bits per heavy atom. The summed E-state index contributed by atoms with van der Waals surface area (Å²) in [5.74, 6) is 0.667. The van der Waals surface area contributed by atoms with Crippen molar-refractivity contribution in [1.29, 1.82) is 0 Å². The van der Waals surface area contributed by atoms with E-state index in [9.17, 15) is 4.79 Å². The van der Waals surface area contributed by atoms with Gasteiger partial charge in [-0.1, -0.05) is 6.92 Å². The van der Waals surface area contributed by atoms with Crippen LogP contribution in [0.15, 0.2) is 0 Å². The van der Waals surface area contributed by atoms with Gasteiger partial charge >= 0.3 is 6.03 Å². The molecule has 2 saturated heterocycles. The van der Waals surface area contributed by atoms with E-state index in [0.29, 0.717) is 19.1 Å². The number of nitrogens with zero attached hydrogens (tertiary/aromatic N) is 2. The Morgan fingerprint density at radius 3 is 2.50 bits per heavy atom. The first-order chi connectivity index (χ1) is 6.77. The van der Waals surface area contributed by atoms with E-state index in [2.05, 4.69) is 6.92 Å². The number of carbonyl (C=O) groups excluding carboxylic acids is 1. The molecule has 4 heteroatoms. The van der Waals surface area contributed by atoms with Gasteiger partial charge in [-0.3, -0.25) is 0 Å². The van der Waals surface area contributed by atoms with Crippen LogP contribution in [0, 0.1) is 5.92 Å². The summed E-state index contributed by atoms with van der Waals surface area (Å²) < 4.78 is 5.22. The van der Waals surface area contributed by atoms with Gasteiger partial charge in [-0.05, 0) is 12.3 Å². The molecule has 0 aromatic rings. The highest BCUT2D eigenvalue weighted by atomic mass is 16.5. The first-order valence-electron chi connectivity index (χ1n) is 5.39. The van der Waals surface area contributed by atoms with Crippen molar-refractivity contribution in [2.75, 3.05) is 39.4 Å². The summed E-state index contributed by atoms with van der Waals surface area (Å²) in [7, 11) is 0. The van der Waals surface area contributed by atoms with E-state index in [-0.39, 0.29) is 6.03 Å². The van der Waals surface area contributed by atoms with Crippen LogP contribution in [-0.4, -0.2) is 55.2 Å². The van der Waals surface area contributed by atoms with E-state index >= 15 is 0 Å². The van der Waals surface area contributed by atoms with E-state index in [1.807, 2.05) is 9.80 Å². The van der Waals surface area contributed by atoms with Crippen molar-refractivity contribution in [3.8, 4) is 0 Å². The Balaban J connectivity index is 1.87. The molecule has 0 aromatic carbocycles. The Bertz CT molecular complexity index is 207. The van der Waals surface area contributed by atoms with Gasteiger partial charge in [0.25, 0.3) is 0 Å². The number of carbonyl (C=O) groups is 1. The molecule has 2 rings (SSSR count). The fourth-order valence-electron chi connectivity index (χ4n) is 2.06. The van der Waals surface area contributed by atoms with Crippen molar-refractivity contribution in [3.05, 3.63) is 0 Å². The lowest BCUT2D eigenvalue weighted by Crippen LogP contribution is -2.47. The minimum absolute atomic E-state index is 0.206. The summed E-state index contributed by atoms with van der Waals surface area (Å²) in [6.45, 7) is 6.94. The number of hydrogen-bond acceptors (Lipinski definition) is 2. The van der Waals surface area contributed by atoms with Gasteiger partial charge in [0, 0.05) is 26.2 Å². The minimum Gasteiger partial charge on any atom is -0.378 e. The summed E-state index contributed by atoms with van der Waals surface area (Å²) >= 11 is 0. The molecule has 0 unspecified atom stereocenters. The molecule has 2 heterocycles. The largest absolute Gasteiger partial charge is 0.378 e. The molecular weight excluding hydrogens is 180 g/mol. The maximum atomic E-state index is 11.9. The first-order valence-corrected chi connectivity index (χ1v) is 5.39. The summed E-state index contributed by atoms with van der Waals surface area (Å²) in [5.41, 5.74) is 0. The minimum atomic E-state index is 0.206. The van der Waals surface area contributed by atoms with Gasteiger partial charge in [-0.2, -0.15) is 0 Å². The second-order valence-electron chi connectivity index (χ2n) is 4.22. The number of ether oxygens (including phenoxy) is 1. The second-order valence-corrected chi connectivity index (χ2v) is 4.22. The van der Waals surface area contributed by atoms with Crippen molar-refractivity contribution in [2.45, 2.75) is 13.3 Å². The molecule has 4 nitrogen and oxygen atoms in total. The third-order valence-electron chi connectivity index (χ3n) is 2.98. The van der Waals surface area contributed by atoms with Crippen LogP contribution in [0.25, 0.3) is 0 Å². The second kappa shape index (κ2) is 4.17. The van der Waals surface area contributed by atoms with E-state index in [0.717, 1.165) is 32.6 Å².